The quantitative estimate of drug-likeness (QED) is 0.853. The van der Waals surface area contributed by atoms with Crippen LogP contribution < -0.4 is 5.32 Å². The van der Waals surface area contributed by atoms with Gasteiger partial charge in [0.15, 0.2) is 0 Å². The Labute approximate surface area is 113 Å². The molecule has 1 heterocycles. The predicted molar refractivity (Wildman–Crippen MR) is 78.9 cm³/mol. The molecule has 94 valence electrons. The minimum Gasteiger partial charge on any atom is -0.307 e. The molecule has 0 amide bonds. The first-order valence-electron chi connectivity index (χ1n) is 6.64. The van der Waals surface area contributed by atoms with Gasteiger partial charge in [-0.1, -0.05) is 30.3 Å². The van der Waals surface area contributed by atoms with Gasteiger partial charge in [-0.3, -0.25) is 0 Å². The maximum atomic E-state index is 3.69. The molecule has 0 aliphatic heterocycles. The van der Waals surface area contributed by atoms with E-state index in [1.807, 2.05) is 11.3 Å². The van der Waals surface area contributed by atoms with Gasteiger partial charge in [0.25, 0.3) is 0 Å². The fraction of sp³-hybridized carbons (Fsp3) is 0.375. The lowest BCUT2D eigenvalue weighted by Gasteiger charge is -2.39. The third-order valence-corrected chi connectivity index (χ3v) is 5.00. The van der Waals surface area contributed by atoms with Crippen molar-refractivity contribution < 1.29 is 0 Å². The highest BCUT2D eigenvalue weighted by Gasteiger charge is 2.30. The van der Waals surface area contributed by atoms with Crippen molar-refractivity contribution in [1.29, 1.82) is 0 Å². The highest BCUT2D eigenvalue weighted by Crippen LogP contribution is 2.32. The summed E-state index contributed by atoms with van der Waals surface area (Å²) < 4.78 is 0. The molecule has 0 spiro atoms. The summed E-state index contributed by atoms with van der Waals surface area (Å²) in [5.41, 5.74) is 1.72. The first-order valence-corrected chi connectivity index (χ1v) is 7.46. The van der Waals surface area contributed by atoms with Crippen molar-refractivity contribution in [2.75, 3.05) is 0 Å². The molecule has 1 N–H and O–H groups in total. The second-order valence-electron chi connectivity index (χ2n) is 5.40. The van der Waals surface area contributed by atoms with Gasteiger partial charge in [0.2, 0.25) is 0 Å². The lowest BCUT2D eigenvalue weighted by atomic mass is 9.78. The maximum absolute atomic E-state index is 3.69. The highest BCUT2D eigenvalue weighted by atomic mass is 32.1. The highest BCUT2D eigenvalue weighted by molar-refractivity contribution is 7.15. The minimum absolute atomic E-state index is 0.400. The third kappa shape index (κ3) is 2.50. The zero-order valence-electron chi connectivity index (χ0n) is 10.8. The van der Waals surface area contributed by atoms with Crippen molar-refractivity contribution in [3.8, 4) is 10.4 Å². The van der Waals surface area contributed by atoms with Gasteiger partial charge < -0.3 is 5.32 Å². The fourth-order valence-electron chi connectivity index (χ4n) is 2.41. The van der Waals surface area contributed by atoms with Gasteiger partial charge in [0.05, 0.1) is 0 Å². The van der Waals surface area contributed by atoms with Crippen molar-refractivity contribution in [2.45, 2.75) is 38.3 Å². The van der Waals surface area contributed by atoms with E-state index >= 15 is 0 Å². The van der Waals surface area contributed by atoms with Crippen LogP contribution in [0.3, 0.4) is 0 Å². The van der Waals surface area contributed by atoms with Gasteiger partial charge in [-0.15, -0.1) is 11.3 Å². The molecule has 0 radical (unpaired) electrons. The lowest BCUT2D eigenvalue weighted by molar-refractivity contribution is 0.207. The number of benzene rings is 1. The first-order chi connectivity index (χ1) is 8.75. The Hall–Kier alpha value is -1.12. The van der Waals surface area contributed by atoms with E-state index in [1.165, 1.54) is 34.6 Å². The van der Waals surface area contributed by atoms with Gasteiger partial charge in [0.1, 0.15) is 0 Å². The second-order valence-corrected chi connectivity index (χ2v) is 6.57. The molecule has 18 heavy (non-hydrogen) atoms. The Morgan fingerprint density at radius 1 is 1.11 bits per heavy atom. The predicted octanol–water partition coefficient (Wildman–Crippen LogP) is 4.45. The topological polar surface area (TPSA) is 12.0 Å². The lowest BCUT2D eigenvalue weighted by Crippen LogP contribution is -2.47. The molecule has 1 aromatic heterocycles. The Morgan fingerprint density at radius 3 is 2.56 bits per heavy atom. The normalized spacial score (nSPS) is 17.4. The molecule has 3 rings (SSSR count). The average molecular weight is 257 g/mol. The van der Waals surface area contributed by atoms with E-state index in [2.05, 4.69) is 54.7 Å². The summed E-state index contributed by atoms with van der Waals surface area (Å²) in [5, 5.41) is 3.69. The molecule has 0 atom stereocenters. The maximum Gasteiger partial charge on any atom is 0.0346 e. The van der Waals surface area contributed by atoms with Crippen molar-refractivity contribution in [1.82, 2.24) is 5.32 Å². The second kappa shape index (κ2) is 4.87. The van der Waals surface area contributed by atoms with E-state index in [0.717, 1.165) is 6.54 Å². The minimum atomic E-state index is 0.400. The summed E-state index contributed by atoms with van der Waals surface area (Å²) in [6, 6.07) is 15.1. The number of thiophene rings is 1. The van der Waals surface area contributed by atoms with Gasteiger partial charge in [0, 0.05) is 21.8 Å². The van der Waals surface area contributed by atoms with Crippen LogP contribution in [0.15, 0.2) is 42.5 Å². The molecular formula is C16H19NS. The Bertz CT molecular complexity index is 511. The fourth-order valence-corrected chi connectivity index (χ4v) is 3.37. The van der Waals surface area contributed by atoms with Crippen LogP contribution in [0, 0.1) is 0 Å². The number of hydrogen-bond acceptors (Lipinski definition) is 2. The van der Waals surface area contributed by atoms with Crippen molar-refractivity contribution in [3.63, 3.8) is 0 Å². The largest absolute Gasteiger partial charge is 0.307 e. The first kappa shape index (κ1) is 11.9. The van der Waals surface area contributed by atoms with E-state index in [1.54, 1.807) is 0 Å². The molecule has 1 saturated carbocycles. The van der Waals surface area contributed by atoms with E-state index in [0.29, 0.717) is 5.54 Å². The van der Waals surface area contributed by atoms with Crippen LogP contribution in [0.1, 0.15) is 31.1 Å². The number of hydrogen-bond donors (Lipinski definition) is 1. The van der Waals surface area contributed by atoms with Crippen LogP contribution in [-0.4, -0.2) is 5.54 Å². The molecule has 0 saturated heterocycles. The number of nitrogens with one attached hydrogen (secondary N) is 1. The molecule has 1 fully saturated rings. The molecule has 1 aromatic carbocycles. The molecule has 2 heteroatoms. The number of rotatable bonds is 4. The molecule has 0 bridgehead atoms. The van der Waals surface area contributed by atoms with Crippen molar-refractivity contribution >= 4 is 11.3 Å². The molecular weight excluding hydrogens is 238 g/mol. The van der Waals surface area contributed by atoms with Crippen molar-refractivity contribution in [2.24, 2.45) is 0 Å². The molecule has 1 aliphatic carbocycles. The van der Waals surface area contributed by atoms with Crippen LogP contribution in [0.5, 0.6) is 0 Å². The Balaban J connectivity index is 1.66. The summed E-state index contributed by atoms with van der Waals surface area (Å²) in [5.74, 6) is 0. The summed E-state index contributed by atoms with van der Waals surface area (Å²) in [7, 11) is 0. The van der Waals surface area contributed by atoms with E-state index in [9.17, 15) is 0 Å². The third-order valence-electron chi connectivity index (χ3n) is 3.87. The Kier molecular flexibility index (Phi) is 3.23. The van der Waals surface area contributed by atoms with E-state index < -0.39 is 0 Å². The molecule has 1 aliphatic rings. The summed E-state index contributed by atoms with van der Waals surface area (Å²) in [6.07, 6.45) is 4.02. The van der Waals surface area contributed by atoms with Crippen molar-refractivity contribution in [3.05, 3.63) is 47.3 Å². The average Bonchev–Trinajstić information content (AvgIpc) is 2.84. The summed E-state index contributed by atoms with van der Waals surface area (Å²) in [6.45, 7) is 3.34. The zero-order valence-corrected chi connectivity index (χ0v) is 11.6. The Morgan fingerprint density at radius 2 is 1.89 bits per heavy atom. The zero-order chi connectivity index (χ0) is 12.4. The smallest absolute Gasteiger partial charge is 0.0346 e. The van der Waals surface area contributed by atoms with E-state index in [-0.39, 0.29) is 0 Å². The summed E-state index contributed by atoms with van der Waals surface area (Å²) in [4.78, 5) is 2.80. The van der Waals surface area contributed by atoms with Crippen LogP contribution in [0.2, 0.25) is 0 Å². The monoisotopic (exact) mass is 257 g/mol. The SMILES string of the molecule is CC1(NCc2ccc(-c3ccccc3)s2)CCC1. The van der Waals surface area contributed by atoms with Gasteiger partial charge >= 0.3 is 0 Å². The molecule has 1 nitrogen and oxygen atoms in total. The van der Waals surface area contributed by atoms with E-state index in [4.69, 9.17) is 0 Å². The van der Waals surface area contributed by atoms with Gasteiger partial charge in [-0.25, -0.2) is 0 Å². The van der Waals surface area contributed by atoms with Gasteiger partial charge in [-0.2, -0.15) is 0 Å². The summed E-state index contributed by atoms with van der Waals surface area (Å²) >= 11 is 1.90. The van der Waals surface area contributed by atoms with Gasteiger partial charge in [-0.05, 0) is 43.9 Å². The van der Waals surface area contributed by atoms with Crippen LogP contribution in [0.25, 0.3) is 10.4 Å². The van der Waals surface area contributed by atoms with Crippen LogP contribution in [-0.2, 0) is 6.54 Å². The van der Waals surface area contributed by atoms with Crippen LogP contribution >= 0.6 is 11.3 Å². The van der Waals surface area contributed by atoms with Crippen LogP contribution in [0.4, 0.5) is 0 Å². The standard InChI is InChI=1S/C16H19NS/c1-16(10-5-11-16)17-12-14-8-9-15(18-14)13-6-3-2-4-7-13/h2-4,6-9,17H,5,10-12H2,1H3. The molecule has 2 aromatic rings. The molecule has 0 unspecified atom stereocenters.